The molecule has 0 saturated carbocycles. The van der Waals surface area contributed by atoms with Crippen molar-refractivity contribution in [1.29, 1.82) is 0 Å². The van der Waals surface area contributed by atoms with Gasteiger partial charge in [0.1, 0.15) is 10.7 Å². The number of carbonyl (C=O) groups excluding carboxylic acids is 1. The Morgan fingerprint density at radius 1 is 1.23 bits per heavy atom. The van der Waals surface area contributed by atoms with Crippen molar-refractivity contribution in [3.63, 3.8) is 0 Å². The summed E-state index contributed by atoms with van der Waals surface area (Å²) in [7, 11) is 0. The summed E-state index contributed by atoms with van der Waals surface area (Å²) in [5, 5.41) is 0.685. The van der Waals surface area contributed by atoms with E-state index in [2.05, 4.69) is 16.9 Å². The van der Waals surface area contributed by atoms with Crippen molar-refractivity contribution >= 4 is 39.1 Å². The van der Waals surface area contributed by atoms with E-state index in [4.69, 9.17) is 0 Å². The van der Waals surface area contributed by atoms with E-state index in [1.165, 1.54) is 17.3 Å². The predicted molar refractivity (Wildman–Crippen MR) is 111 cm³/mol. The smallest absolute Gasteiger partial charge is 0.259 e. The van der Waals surface area contributed by atoms with Crippen molar-refractivity contribution in [2.24, 2.45) is 0 Å². The van der Waals surface area contributed by atoms with Crippen LogP contribution in [0.3, 0.4) is 0 Å². The van der Waals surface area contributed by atoms with Crippen molar-refractivity contribution in [3.8, 4) is 0 Å². The van der Waals surface area contributed by atoms with Gasteiger partial charge in [-0.05, 0) is 31.4 Å². The van der Waals surface area contributed by atoms with E-state index in [-0.39, 0.29) is 11.3 Å². The van der Waals surface area contributed by atoms with Gasteiger partial charge in [0.05, 0.1) is 16.9 Å². The third-order valence-electron chi connectivity index (χ3n) is 4.37. The Kier molecular flexibility index (Phi) is 5.94. The lowest BCUT2D eigenvalue weighted by atomic mass is 10.1. The molecule has 0 saturated heterocycles. The number of nitrogens with one attached hydrogen (secondary N) is 1. The Hall–Kier alpha value is -1.92. The minimum absolute atomic E-state index is 0.0923. The molecule has 0 unspecified atom stereocenters. The molecule has 26 heavy (non-hydrogen) atoms. The van der Waals surface area contributed by atoms with Crippen LogP contribution in [-0.2, 0) is 12.2 Å². The Morgan fingerprint density at radius 2 is 1.96 bits per heavy atom. The maximum atomic E-state index is 12.3. The summed E-state index contributed by atoms with van der Waals surface area (Å²) in [5.74, 6) is 1.61. The van der Waals surface area contributed by atoms with Gasteiger partial charge in [-0.25, -0.2) is 4.98 Å². The van der Waals surface area contributed by atoms with E-state index >= 15 is 0 Å². The van der Waals surface area contributed by atoms with Crippen molar-refractivity contribution in [2.45, 2.75) is 39.4 Å². The number of thioether (sulfide) groups is 1. The molecular weight excluding hydrogens is 364 g/mol. The number of aromatic amines is 1. The van der Waals surface area contributed by atoms with Gasteiger partial charge in [0.2, 0.25) is 0 Å². The van der Waals surface area contributed by atoms with E-state index in [9.17, 15) is 9.59 Å². The number of aryl methyl sites for hydroxylation is 3. The molecule has 4 nitrogen and oxygen atoms in total. The van der Waals surface area contributed by atoms with Gasteiger partial charge in [-0.2, -0.15) is 0 Å². The first-order chi connectivity index (χ1) is 12.5. The van der Waals surface area contributed by atoms with Crippen molar-refractivity contribution in [2.75, 3.05) is 5.75 Å². The van der Waals surface area contributed by atoms with Crippen LogP contribution in [0.1, 0.15) is 45.5 Å². The fourth-order valence-electron chi connectivity index (χ4n) is 2.84. The van der Waals surface area contributed by atoms with Gasteiger partial charge < -0.3 is 4.98 Å². The Balaban J connectivity index is 1.63. The molecule has 0 radical (unpaired) electrons. The molecule has 0 atom stereocenters. The first-order valence-electron chi connectivity index (χ1n) is 8.68. The summed E-state index contributed by atoms with van der Waals surface area (Å²) in [5.41, 5.74) is 2.90. The number of hydrogen-bond donors (Lipinski definition) is 1. The van der Waals surface area contributed by atoms with Crippen LogP contribution in [0.25, 0.3) is 10.2 Å². The summed E-state index contributed by atoms with van der Waals surface area (Å²) in [4.78, 5) is 33.9. The maximum Gasteiger partial charge on any atom is 0.259 e. The van der Waals surface area contributed by atoms with Crippen LogP contribution in [0.4, 0.5) is 0 Å². The minimum Gasteiger partial charge on any atom is -0.309 e. The number of thiophene rings is 1. The quantitative estimate of drug-likeness (QED) is 0.599. The number of H-pyrrole nitrogens is 1. The zero-order valence-corrected chi connectivity index (χ0v) is 16.9. The highest BCUT2D eigenvalue weighted by molar-refractivity contribution is 7.99. The second-order valence-corrected chi connectivity index (χ2v) is 8.53. The molecule has 1 aromatic carbocycles. The molecule has 2 heterocycles. The van der Waals surface area contributed by atoms with Gasteiger partial charge in [-0.15, -0.1) is 23.1 Å². The van der Waals surface area contributed by atoms with Crippen molar-refractivity contribution in [1.82, 2.24) is 9.97 Å². The molecular formula is C20H22N2O2S2. The average Bonchev–Trinajstić information content (AvgIpc) is 2.90. The van der Waals surface area contributed by atoms with Crippen LogP contribution in [0, 0.1) is 13.8 Å². The standard InChI is InChI=1S/C20H22N2O2S2/c1-4-5-14-6-8-15(9-7-14)16(23)10-25-11-17-21-19(24)18-12(2)13(3)26-20(18)22-17/h6-9H,4-5,10-11H2,1-3H3,(H,21,22,24). The average molecular weight is 387 g/mol. The van der Waals surface area contributed by atoms with E-state index in [1.54, 1.807) is 11.3 Å². The van der Waals surface area contributed by atoms with Crippen LogP contribution in [0.5, 0.6) is 0 Å². The van der Waals surface area contributed by atoms with Gasteiger partial charge in [0.15, 0.2) is 5.78 Å². The molecule has 0 aliphatic heterocycles. The molecule has 0 aliphatic carbocycles. The number of carbonyl (C=O) groups is 1. The lowest BCUT2D eigenvalue weighted by molar-refractivity contribution is 0.102. The predicted octanol–water partition coefficient (Wildman–Crippen LogP) is 4.67. The molecule has 0 aliphatic rings. The molecule has 0 amide bonds. The Bertz CT molecular complexity index is 987. The highest BCUT2D eigenvalue weighted by atomic mass is 32.2. The highest BCUT2D eigenvalue weighted by Crippen LogP contribution is 2.26. The molecule has 0 fully saturated rings. The second-order valence-electron chi connectivity index (χ2n) is 6.34. The summed E-state index contributed by atoms with van der Waals surface area (Å²) in [6.45, 7) is 6.09. The maximum absolute atomic E-state index is 12.3. The van der Waals surface area contributed by atoms with Crippen LogP contribution in [-0.4, -0.2) is 21.5 Å². The molecule has 1 N–H and O–H groups in total. The van der Waals surface area contributed by atoms with Crippen LogP contribution >= 0.6 is 23.1 Å². The van der Waals surface area contributed by atoms with E-state index in [1.807, 2.05) is 38.1 Å². The molecule has 136 valence electrons. The van der Waals surface area contributed by atoms with Gasteiger partial charge in [-0.3, -0.25) is 9.59 Å². The van der Waals surface area contributed by atoms with Crippen LogP contribution in [0.2, 0.25) is 0 Å². The third-order valence-corrected chi connectivity index (χ3v) is 6.42. The normalized spacial score (nSPS) is 11.2. The summed E-state index contributed by atoms with van der Waals surface area (Å²) < 4.78 is 0. The number of fused-ring (bicyclic) bond motifs is 1. The first kappa shape index (κ1) is 18.9. The number of ketones is 1. The lowest BCUT2D eigenvalue weighted by Gasteiger charge is -2.04. The molecule has 0 spiro atoms. The van der Waals surface area contributed by atoms with Crippen LogP contribution in [0.15, 0.2) is 29.1 Å². The largest absolute Gasteiger partial charge is 0.309 e. The fourth-order valence-corrected chi connectivity index (χ4v) is 4.67. The van der Waals surface area contributed by atoms with Gasteiger partial charge in [0, 0.05) is 10.4 Å². The molecule has 2 aromatic heterocycles. The Labute approximate surface area is 161 Å². The lowest BCUT2D eigenvalue weighted by Crippen LogP contribution is -2.11. The number of rotatable bonds is 7. The van der Waals surface area contributed by atoms with Gasteiger partial charge in [0.25, 0.3) is 5.56 Å². The molecule has 3 rings (SSSR count). The number of Topliss-reactive ketones (excluding diaryl/α,β-unsaturated/α-hetero) is 1. The summed E-state index contributed by atoms with van der Waals surface area (Å²) in [6.07, 6.45) is 2.13. The summed E-state index contributed by atoms with van der Waals surface area (Å²) in [6, 6.07) is 7.85. The highest BCUT2D eigenvalue weighted by Gasteiger charge is 2.12. The number of hydrogen-bond acceptors (Lipinski definition) is 5. The number of nitrogens with zero attached hydrogens (tertiary/aromatic N) is 1. The second kappa shape index (κ2) is 8.18. The van der Waals surface area contributed by atoms with Gasteiger partial charge >= 0.3 is 0 Å². The SMILES string of the molecule is CCCc1ccc(C(=O)CSCc2nc3sc(C)c(C)c3c(=O)[nH]2)cc1. The fraction of sp³-hybridized carbons (Fsp3) is 0.350. The summed E-state index contributed by atoms with van der Waals surface area (Å²) >= 11 is 3.02. The van der Waals surface area contributed by atoms with Gasteiger partial charge in [-0.1, -0.05) is 37.6 Å². The Morgan fingerprint density at radius 3 is 2.65 bits per heavy atom. The zero-order chi connectivity index (χ0) is 18.7. The zero-order valence-electron chi connectivity index (χ0n) is 15.2. The van der Waals surface area contributed by atoms with Crippen LogP contribution < -0.4 is 5.56 Å². The topological polar surface area (TPSA) is 62.8 Å². The number of benzene rings is 1. The van der Waals surface area contributed by atoms with E-state index < -0.39 is 0 Å². The van der Waals surface area contributed by atoms with E-state index in [0.29, 0.717) is 22.7 Å². The molecule has 6 heteroatoms. The molecule has 3 aromatic rings. The monoisotopic (exact) mass is 386 g/mol. The van der Waals surface area contributed by atoms with E-state index in [0.717, 1.165) is 33.7 Å². The van der Waals surface area contributed by atoms with Crippen molar-refractivity contribution in [3.05, 3.63) is 62.0 Å². The van der Waals surface area contributed by atoms with Crippen molar-refractivity contribution < 1.29 is 4.79 Å². The third kappa shape index (κ3) is 4.07. The first-order valence-corrected chi connectivity index (χ1v) is 10.7. The number of aromatic nitrogens is 2. The minimum atomic E-state index is -0.0923. The molecule has 0 bridgehead atoms.